The molecule has 5 aromatic carbocycles. The largest absolute Gasteiger partial charge is 0.455 e. The average molecular weight is 972 g/mol. The summed E-state index contributed by atoms with van der Waals surface area (Å²) in [5.41, 5.74) is 6.17. The third-order valence-corrected chi connectivity index (χ3v) is 13.2. The molecular weight excluding hydrogens is 927 g/mol. The summed E-state index contributed by atoms with van der Waals surface area (Å²) in [6.45, 7) is 5.07. The number of nitrogens with two attached hydrogens (primary N) is 1. The quantitative estimate of drug-likeness (QED) is 0.0259. The van der Waals surface area contributed by atoms with Crippen molar-refractivity contribution in [2.45, 2.75) is 49.5 Å². The van der Waals surface area contributed by atoms with Gasteiger partial charge in [-0.05, 0) is 31.9 Å². The first kappa shape index (κ1) is 47.2. The predicted molar refractivity (Wildman–Crippen MR) is 257 cm³/mol. The summed E-state index contributed by atoms with van der Waals surface area (Å²) in [4.78, 5) is 69.1. The van der Waals surface area contributed by atoms with E-state index in [9.17, 15) is 27.6 Å². The van der Waals surface area contributed by atoms with Gasteiger partial charge in [0.1, 0.15) is 27.7 Å². The molecule has 348 valence electrons. The molecule has 1 saturated heterocycles. The van der Waals surface area contributed by atoms with Gasteiger partial charge in [0, 0.05) is 16.7 Å². The van der Waals surface area contributed by atoms with Gasteiger partial charge in [-0.1, -0.05) is 168 Å². The van der Waals surface area contributed by atoms with Gasteiger partial charge in [0.05, 0.1) is 12.0 Å². The van der Waals surface area contributed by atoms with Gasteiger partial charge >= 0.3 is 22.1 Å². The molecule has 68 heavy (non-hydrogen) atoms. The number of carbonyl (C=O) groups excluding carboxylic acids is 4. The summed E-state index contributed by atoms with van der Waals surface area (Å²) in [6, 6.07) is 44.2. The van der Waals surface area contributed by atoms with Crippen LogP contribution >= 0.6 is 23.1 Å². The van der Waals surface area contributed by atoms with Crippen molar-refractivity contribution in [3.05, 3.63) is 202 Å². The van der Waals surface area contributed by atoms with Crippen LogP contribution in [0.1, 0.15) is 70.2 Å². The number of thioether (sulfide) groups is 1. The molecule has 0 bridgehead atoms. The zero-order chi connectivity index (χ0) is 48.2. The number of amides is 2. The van der Waals surface area contributed by atoms with E-state index in [2.05, 4.69) is 15.5 Å². The van der Waals surface area contributed by atoms with Crippen LogP contribution in [0.25, 0.3) is 0 Å². The van der Waals surface area contributed by atoms with Gasteiger partial charge in [0.2, 0.25) is 10.6 Å². The van der Waals surface area contributed by atoms with E-state index in [0.29, 0.717) is 27.8 Å². The number of ether oxygens (including phenoxy) is 2. The summed E-state index contributed by atoms with van der Waals surface area (Å²) in [7, 11) is -4.20. The van der Waals surface area contributed by atoms with Crippen LogP contribution in [0, 0.1) is 0 Å². The number of nitrogen functional groups attached to an aromatic ring is 1. The van der Waals surface area contributed by atoms with Gasteiger partial charge in [-0.3, -0.25) is 14.5 Å². The number of hydrogen-bond acceptors (Lipinski definition) is 15. The minimum atomic E-state index is -4.20. The second-order valence-electron chi connectivity index (χ2n) is 16.6. The maximum atomic E-state index is 14.9. The Balaban J connectivity index is 1.18. The van der Waals surface area contributed by atoms with Crippen molar-refractivity contribution in [3.8, 4) is 0 Å². The molecule has 2 aliphatic heterocycles. The normalized spacial score (nSPS) is 16.3. The Hall–Kier alpha value is -7.28. The van der Waals surface area contributed by atoms with Crippen molar-refractivity contribution in [1.82, 2.24) is 15.2 Å². The minimum absolute atomic E-state index is 0.0800. The molecule has 2 atom stereocenters. The maximum absolute atomic E-state index is 14.9. The number of rotatable bonds is 15. The standard InChI is InChI=1S/C50H45N5O10S3/c1-49(2,3)63-48(59)44-53-37(42(51)67-44)38(54-65-50(33-24-14-7-15-25-33,34-26-16-8-17-27-34)35-28-18-9-19-29-35)43(56)52-39-45(57)55-40(36(30-66-46(39)55)64-68(4,60)61)47(58)62-41(31-20-10-5-11-21-31)32-22-12-6-13-23-32/h5-29,39,41,46H,30,51H2,1-4H3,(H,52,56)/b54-38-/t39-,46-/m1/s1. The Morgan fingerprint density at radius 2 is 1.26 bits per heavy atom. The van der Waals surface area contributed by atoms with E-state index in [1.165, 1.54) is 0 Å². The lowest BCUT2D eigenvalue weighted by Gasteiger charge is -2.49. The fourth-order valence-corrected chi connectivity index (χ4v) is 10.2. The Morgan fingerprint density at radius 3 is 1.74 bits per heavy atom. The van der Waals surface area contributed by atoms with E-state index in [4.69, 9.17) is 24.2 Å². The molecule has 1 fully saturated rings. The smallest absolute Gasteiger partial charge is 0.368 e. The van der Waals surface area contributed by atoms with Crippen LogP contribution in [-0.2, 0) is 48.6 Å². The highest BCUT2D eigenvalue weighted by atomic mass is 32.2. The maximum Gasteiger partial charge on any atom is 0.368 e. The minimum Gasteiger partial charge on any atom is -0.455 e. The van der Waals surface area contributed by atoms with E-state index >= 15 is 0 Å². The molecule has 3 N–H and O–H groups in total. The molecule has 0 aliphatic carbocycles. The van der Waals surface area contributed by atoms with Gasteiger partial charge < -0.3 is 29.5 Å². The molecule has 8 rings (SSSR count). The molecule has 2 aliphatic rings. The van der Waals surface area contributed by atoms with Crippen LogP contribution in [0.3, 0.4) is 0 Å². The number of β-lactam (4-membered cyclic amide) rings is 1. The third-order valence-electron chi connectivity index (χ3n) is 10.6. The topological polar surface area (TPSA) is 206 Å². The predicted octanol–water partition coefficient (Wildman–Crippen LogP) is 7.31. The van der Waals surface area contributed by atoms with Gasteiger partial charge in [0.15, 0.2) is 23.3 Å². The van der Waals surface area contributed by atoms with Gasteiger partial charge in [0.25, 0.3) is 11.8 Å². The summed E-state index contributed by atoms with van der Waals surface area (Å²) < 4.78 is 42.1. The Labute approximate surface area is 401 Å². The number of thiazole rings is 1. The van der Waals surface area contributed by atoms with Crippen LogP contribution in [0.4, 0.5) is 5.00 Å². The van der Waals surface area contributed by atoms with Crippen molar-refractivity contribution in [3.63, 3.8) is 0 Å². The number of anilines is 1. The van der Waals surface area contributed by atoms with E-state index in [0.717, 1.165) is 34.3 Å². The zero-order valence-corrected chi connectivity index (χ0v) is 39.5. The Bertz CT molecular complexity index is 2870. The van der Waals surface area contributed by atoms with E-state index < -0.39 is 74.0 Å². The van der Waals surface area contributed by atoms with Gasteiger partial charge in [-0.25, -0.2) is 14.6 Å². The second-order valence-corrected chi connectivity index (χ2v) is 20.3. The van der Waals surface area contributed by atoms with Crippen molar-refractivity contribution in [2.24, 2.45) is 5.16 Å². The van der Waals surface area contributed by atoms with Crippen molar-refractivity contribution >= 4 is 67.7 Å². The van der Waals surface area contributed by atoms with E-state index in [1.54, 1.807) is 81.4 Å². The fraction of sp³-hybridized carbons (Fsp3) is 0.200. The fourth-order valence-electron chi connectivity index (χ4n) is 7.68. The lowest BCUT2D eigenvalue weighted by molar-refractivity contribution is -0.154. The van der Waals surface area contributed by atoms with Crippen molar-refractivity contribution < 1.29 is 46.1 Å². The number of esters is 2. The summed E-state index contributed by atoms with van der Waals surface area (Å²) in [6.07, 6.45) is -0.139. The van der Waals surface area contributed by atoms with Gasteiger partial charge in [-0.15, -0.1) is 11.8 Å². The molecule has 1 aromatic heterocycles. The summed E-state index contributed by atoms with van der Waals surface area (Å²) in [5, 5.41) is 6.07. The SMILES string of the molecule is CC(C)(C)OC(=O)c1nc(/C(=N/OC(c2ccccc2)(c2ccccc2)c2ccccc2)C(=O)N[C@@H]2C(=O)N3C(C(=O)OC(c4ccccc4)c4ccccc4)=C(OS(C)(=O)=O)CS[C@H]23)c(N)s1. The van der Waals surface area contributed by atoms with Crippen molar-refractivity contribution in [2.75, 3.05) is 17.7 Å². The van der Waals surface area contributed by atoms with Crippen molar-refractivity contribution in [1.29, 1.82) is 0 Å². The Morgan fingerprint density at radius 1 is 0.779 bits per heavy atom. The first-order valence-electron chi connectivity index (χ1n) is 21.2. The van der Waals surface area contributed by atoms with Crippen LogP contribution in [0.2, 0.25) is 0 Å². The van der Waals surface area contributed by atoms with E-state index in [1.807, 2.05) is 91.0 Å². The Kier molecular flexibility index (Phi) is 13.6. The number of nitrogens with zero attached hydrogens (tertiary/aromatic N) is 3. The number of benzene rings is 5. The first-order valence-corrected chi connectivity index (χ1v) is 24.8. The van der Waals surface area contributed by atoms with Crippen LogP contribution in [0.15, 0.2) is 168 Å². The zero-order valence-electron chi connectivity index (χ0n) is 37.1. The average Bonchev–Trinajstić information content (AvgIpc) is 3.72. The molecule has 0 unspecified atom stereocenters. The number of aromatic nitrogens is 1. The lowest BCUT2D eigenvalue weighted by Crippen LogP contribution is -2.71. The van der Waals surface area contributed by atoms with Gasteiger partial charge in [-0.2, -0.15) is 8.42 Å². The molecule has 6 aromatic rings. The molecule has 18 heteroatoms. The lowest BCUT2D eigenvalue weighted by atomic mass is 9.80. The third kappa shape index (κ3) is 10.0. The number of fused-ring (bicyclic) bond motifs is 1. The number of oxime groups is 1. The highest BCUT2D eigenvalue weighted by molar-refractivity contribution is 8.00. The highest BCUT2D eigenvalue weighted by Crippen LogP contribution is 2.44. The van der Waals surface area contributed by atoms with Crippen LogP contribution < -0.4 is 11.1 Å². The van der Waals surface area contributed by atoms with Crippen LogP contribution in [0.5, 0.6) is 0 Å². The van der Waals surface area contributed by atoms with E-state index in [-0.39, 0.29) is 27.2 Å². The molecule has 2 amide bonds. The first-order chi connectivity index (χ1) is 32.5. The second kappa shape index (κ2) is 19.5. The van der Waals surface area contributed by atoms with Crippen LogP contribution in [-0.4, -0.2) is 76.8 Å². The summed E-state index contributed by atoms with van der Waals surface area (Å²) in [5.74, 6) is -4.12. The summed E-state index contributed by atoms with van der Waals surface area (Å²) >= 11 is 1.82. The monoisotopic (exact) mass is 971 g/mol. The molecule has 0 spiro atoms. The number of carbonyl (C=O) groups is 4. The number of hydrogen-bond donors (Lipinski definition) is 2. The molecule has 3 heterocycles. The molecule has 0 radical (unpaired) electrons. The molecule has 0 saturated carbocycles. The molecular formula is C50H45N5O10S3. The molecule has 15 nitrogen and oxygen atoms in total. The number of nitrogens with one attached hydrogen (secondary N) is 1. The highest BCUT2D eigenvalue weighted by Gasteiger charge is 2.56.